The molecule has 0 aliphatic carbocycles. The fourth-order valence-electron chi connectivity index (χ4n) is 3.74. The molecule has 34 heavy (non-hydrogen) atoms. The minimum atomic E-state index is -4.15. The summed E-state index contributed by atoms with van der Waals surface area (Å²) < 4.78 is 27.5. The van der Waals surface area contributed by atoms with Crippen molar-refractivity contribution < 1.29 is 18.0 Å². The largest absolute Gasteiger partial charge is 0.350 e. The predicted octanol–water partition coefficient (Wildman–Crippen LogP) is 4.92. The molecule has 0 fully saturated rings. The Morgan fingerprint density at radius 1 is 0.971 bits per heavy atom. The highest BCUT2D eigenvalue weighted by molar-refractivity contribution is 7.94. The van der Waals surface area contributed by atoms with Crippen molar-refractivity contribution in [3.8, 4) is 0 Å². The number of nitrogens with zero attached hydrogens (tertiary/aromatic N) is 2. The Hall–Kier alpha value is -3.36. The maximum atomic E-state index is 13.5. The lowest BCUT2D eigenvalue weighted by Gasteiger charge is -2.35. The molecule has 0 spiro atoms. The van der Waals surface area contributed by atoms with E-state index in [-0.39, 0.29) is 35.3 Å². The van der Waals surface area contributed by atoms with Gasteiger partial charge >= 0.3 is 6.03 Å². The molecule has 7 nitrogen and oxygen atoms in total. The van der Waals surface area contributed by atoms with Crippen LogP contribution in [0.1, 0.15) is 30.9 Å². The van der Waals surface area contributed by atoms with Crippen LogP contribution in [-0.4, -0.2) is 26.9 Å². The number of hydrogen-bond acceptors (Lipinski definition) is 4. The summed E-state index contributed by atoms with van der Waals surface area (Å²) in [7, 11) is -4.15. The lowest BCUT2D eigenvalue weighted by Crippen LogP contribution is -2.53. The van der Waals surface area contributed by atoms with Crippen LogP contribution in [0, 0.1) is 0 Å². The molecule has 0 unspecified atom stereocenters. The number of carbonyl (C=O) groups is 2. The van der Waals surface area contributed by atoms with Crippen molar-refractivity contribution in [3.63, 3.8) is 0 Å². The van der Waals surface area contributed by atoms with Gasteiger partial charge in [-0.2, -0.15) is 4.31 Å². The summed E-state index contributed by atoms with van der Waals surface area (Å²) in [6.45, 7) is 3.88. The van der Waals surface area contributed by atoms with E-state index in [1.54, 1.807) is 54.6 Å². The molecule has 1 aliphatic rings. The SMILES string of the molecule is CC(C)c1ccc(N2C(=O)N(CC(=O)NCc3ccccc3Cl)c3ccccc3S2(=O)=O)cc1. The zero-order valence-electron chi connectivity index (χ0n) is 18.7. The van der Waals surface area contributed by atoms with Crippen molar-refractivity contribution in [1.29, 1.82) is 0 Å². The van der Waals surface area contributed by atoms with Crippen LogP contribution in [0.2, 0.25) is 5.02 Å². The minimum Gasteiger partial charge on any atom is -0.350 e. The highest BCUT2D eigenvalue weighted by atomic mass is 35.5. The Morgan fingerprint density at radius 3 is 2.29 bits per heavy atom. The number of nitrogens with one attached hydrogen (secondary N) is 1. The fourth-order valence-corrected chi connectivity index (χ4v) is 5.54. The Labute approximate surface area is 204 Å². The number of rotatable bonds is 6. The number of amides is 3. The predicted molar refractivity (Wildman–Crippen MR) is 133 cm³/mol. The van der Waals surface area contributed by atoms with Gasteiger partial charge in [-0.05, 0) is 47.4 Å². The summed E-state index contributed by atoms with van der Waals surface area (Å²) in [6, 6.07) is 19.3. The maximum absolute atomic E-state index is 13.5. The van der Waals surface area contributed by atoms with Gasteiger partial charge in [0.05, 0.1) is 11.4 Å². The van der Waals surface area contributed by atoms with Gasteiger partial charge in [-0.25, -0.2) is 13.2 Å². The van der Waals surface area contributed by atoms with E-state index in [2.05, 4.69) is 5.32 Å². The van der Waals surface area contributed by atoms with E-state index in [4.69, 9.17) is 11.6 Å². The molecular formula is C25H24ClN3O4S. The third-order valence-corrected chi connectivity index (χ3v) is 7.73. The molecule has 4 rings (SSSR count). The van der Waals surface area contributed by atoms with Crippen LogP contribution in [-0.2, 0) is 21.4 Å². The first kappa shape index (κ1) is 23.8. The van der Waals surface area contributed by atoms with E-state index in [1.165, 1.54) is 17.0 Å². The number of sulfonamides is 1. The third-order valence-electron chi connectivity index (χ3n) is 5.61. The van der Waals surface area contributed by atoms with Crippen molar-refractivity contribution in [2.45, 2.75) is 31.2 Å². The molecule has 0 aromatic heterocycles. The molecule has 3 aromatic carbocycles. The summed E-state index contributed by atoms with van der Waals surface area (Å²) in [5.41, 5.74) is 2.12. The lowest BCUT2D eigenvalue weighted by molar-refractivity contribution is -0.119. The first-order valence-corrected chi connectivity index (χ1v) is 12.6. The second-order valence-corrected chi connectivity index (χ2v) is 10.4. The van der Waals surface area contributed by atoms with Gasteiger partial charge in [0.2, 0.25) is 5.91 Å². The molecule has 0 radical (unpaired) electrons. The molecule has 0 saturated heterocycles. The van der Waals surface area contributed by atoms with Crippen LogP contribution in [0.3, 0.4) is 0 Å². The van der Waals surface area contributed by atoms with E-state index in [1.807, 2.05) is 19.9 Å². The maximum Gasteiger partial charge on any atom is 0.343 e. The summed E-state index contributed by atoms with van der Waals surface area (Å²) >= 11 is 6.15. The van der Waals surface area contributed by atoms with Crippen molar-refractivity contribution in [1.82, 2.24) is 5.32 Å². The summed E-state index contributed by atoms with van der Waals surface area (Å²) in [4.78, 5) is 27.4. The van der Waals surface area contributed by atoms with Gasteiger partial charge in [-0.15, -0.1) is 0 Å². The quantitative estimate of drug-likeness (QED) is 0.524. The van der Waals surface area contributed by atoms with Gasteiger partial charge in [0.25, 0.3) is 10.0 Å². The van der Waals surface area contributed by atoms with Crippen molar-refractivity contribution >= 4 is 44.9 Å². The number of hydrogen-bond donors (Lipinski definition) is 1. The minimum absolute atomic E-state index is 0.0403. The van der Waals surface area contributed by atoms with Gasteiger partial charge in [0.1, 0.15) is 11.4 Å². The van der Waals surface area contributed by atoms with E-state index >= 15 is 0 Å². The average molecular weight is 498 g/mol. The first-order chi connectivity index (χ1) is 16.2. The molecule has 0 saturated carbocycles. The zero-order chi connectivity index (χ0) is 24.5. The van der Waals surface area contributed by atoms with E-state index < -0.39 is 22.0 Å². The van der Waals surface area contributed by atoms with Crippen molar-refractivity contribution in [2.24, 2.45) is 0 Å². The zero-order valence-corrected chi connectivity index (χ0v) is 20.3. The molecule has 1 N–H and O–H groups in total. The Kier molecular flexibility index (Phi) is 6.63. The normalized spacial score (nSPS) is 14.8. The van der Waals surface area contributed by atoms with Crippen LogP contribution >= 0.6 is 11.6 Å². The molecular weight excluding hydrogens is 474 g/mol. The number of anilines is 2. The van der Waals surface area contributed by atoms with Gasteiger partial charge in [0, 0.05) is 11.6 Å². The van der Waals surface area contributed by atoms with Gasteiger partial charge < -0.3 is 5.32 Å². The van der Waals surface area contributed by atoms with Crippen LogP contribution < -0.4 is 14.5 Å². The van der Waals surface area contributed by atoms with Crippen LogP contribution in [0.25, 0.3) is 0 Å². The first-order valence-electron chi connectivity index (χ1n) is 10.8. The van der Waals surface area contributed by atoms with E-state index in [0.29, 0.717) is 5.02 Å². The van der Waals surface area contributed by atoms with Gasteiger partial charge in [-0.3, -0.25) is 9.69 Å². The lowest BCUT2D eigenvalue weighted by atomic mass is 10.0. The summed E-state index contributed by atoms with van der Waals surface area (Å²) in [5.74, 6) is -0.195. The van der Waals surface area contributed by atoms with Crippen LogP contribution in [0.15, 0.2) is 77.7 Å². The second kappa shape index (κ2) is 9.48. The molecule has 3 amide bonds. The fraction of sp³-hybridized carbons (Fsp3) is 0.200. The Balaban J connectivity index is 1.65. The van der Waals surface area contributed by atoms with Crippen LogP contribution in [0.5, 0.6) is 0 Å². The molecule has 9 heteroatoms. The number of para-hydroxylation sites is 1. The number of carbonyl (C=O) groups excluding carboxylic acids is 2. The molecule has 1 heterocycles. The monoisotopic (exact) mass is 497 g/mol. The molecule has 0 bridgehead atoms. The molecule has 1 aliphatic heterocycles. The number of fused-ring (bicyclic) bond motifs is 1. The van der Waals surface area contributed by atoms with E-state index in [0.717, 1.165) is 15.4 Å². The summed E-state index contributed by atoms with van der Waals surface area (Å²) in [6.07, 6.45) is 0. The van der Waals surface area contributed by atoms with Crippen LogP contribution in [0.4, 0.5) is 16.2 Å². The Morgan fingerprint density at radius 2 is 1.62 bits per heavy atom. The average Bonchev–Trinajstić information content (AvgIpc) is 2.81. The highest BCUT2D eigenvalue weighted by Crippen LogP contribution is 2.37. The smallest absolute Gasteiger partial charge is 0.343 e. The Bertz CT molecular complexity index is 1340. The topological polar surface area (TPSA) is 86.8 Å². The third kappa shape index (κ3) is 4.51. The van der Waals surface area contributed by atoms with Gasteiger partial charge in [-0.1, -0.05) is 67.9 Å². The summed E-state index contributed by atoms with van der Waals surface area (Å²) in [5, 5.41) is 3.27. The number of urea groups is 1. The molecule has 0 atom stereocenters. The number of benzene rings is 3. The highest BCUT2D eigenvalue weighted by Gasteiger charge is 2.43. The molecule has 3 aromatic rings. The van der Waals surface area contributed by atoms with E-state index in [9.17, 15) is 18.0 Å². The van der Waals surface area contributed by atoms with Gasteiger partial charge in [0.15, 0.2) is 0 Å². The second-order valence-electron chi connectivity index (χ2n) is 8.22. The number of halogens is 1. The molecule has 176 valence electrons. The standard InChI is InChI=1S/C25H24ClN3O4S/c1-17(2)18-11-13-20(14-12-18)29-25(31)28(22-9-5-6-10-23(22)34(29,32)33)16-24(30)27-15-19-7-3-4-8-21(19)26/h3-14,17H,15-16H2,1-2H3,(H,27,30). The van der Waals surface area contributed by atoms with Crippen molar-refractivity contribution in [2.75, 3.05) is 15.7 Å². The van der Waals surface area contributed by atoms with Crippen molar-refractivity contribution in [3.05, 3.63) is 88.9 Å².